The summed E-state index contributed by atoms with van der Waals surface area (Å²) >= 11 is 9.06. The molecular formula is C31H32BrClF3N5O5. The molecule has 5 rings (SSSR count). The average Bonchev–Trinajstić information content (AvgIpc) is 3.38. The summed E-state index contributed by atoms with van der Waals surface area (Å²) in [6, 6.07) is 13.7. The predicted molar refractivity (Wildman–Crippen MR) is 167 cm³/mol. The highest BCUT2D eigenvalue weighted by molar-refractivity contribution is 9.10. The number of nitrogen functional groups attached to an aromatic ring is 1. The highest BCUT2D eigenvalue weighted by Gasteiger charge is 2.51. The highest BCUT2D eigenvalue weighted by atomic mass is 79.9. The van der Waals surface area contributed by atoms with Crippen molar-refractivity contribution in [3.63, 3.8) is 0 Å². The lowest BCUT2D eigenvalue weighted by molar-refractivity contribution is -0.198. The molecule has 2 aliphatic heterocycles. The van der Waals surface area contributed by atoms with E-state index in [2.05, 4.69) is 25.9 Å². The van der Waals surface area contributed by atoms with Crippen molar-refractivity contribution in [2.75, 3.05) is 36.9 Å². The first kappa shape index (κ1) is 33.6. The molecule has 2 aromatic carbocycles. The molecule has 3 heterocycles. The van der Waals surface area contributed by atoms with Gasteiger partial charge in [-0.3, -0.25) is 4.90 Å². The first-order chi connectivity index (χ1) is 21.9. The van der Waals surface area contributed by atoms with Crippen molar-refractivity contribution in [3.8, 4) is 5.88 Å². The molecule has 2 atom stereocenters. The molecule has 46 heavy (non-hydrogen) atoms. The van der Waals surface area contributed by atoms with Crippen LogP contribution in [0.3, 0.4) is 0 Å². The molecule has 246 valence electrons. The van der Waals surface area contributed by atoms with Crippen molar-refractivity contribution in [3.05, 3.63) is 75.2 Å². The third-order valence-corrected chi connectivity index (χ3v) is 9.06. The van der Waals surface area contributed by atoms with Gasteiger partial charge in [-0.15, -0.1) is 0 Å². The SMILES string of the molecule is CCOC(=O)C1CC2(CCN(c3cc(O[C@H](c4ccc(Cl)cc4Br)C(F)(F)F)nc(N)n3)CC2)CN1C(=O)OCc1ccccc1. The number of hydrogen-bond donors (Lipinski definition) is 1. The zero-order chi connectivity index (χ0) is 33.1. The van der Waals surface area contributed by atoms with Gasteiger partial charge in [-0.2, -0.15) is 23.1 Å². The molecule has 1 spiro atoms. The first-order valence-electron chi connectivity index (χ1n) is 14.6. The summed E-state index contributed by atoms with van der Waals surface area (Å²) in [5, 5.41) is 0.260. The maximum Gasteiger partial charge on any atom is 0.429 e. The third kappa shape index (κ3) is 7.77. The molecule has 0 saturated carbocycles. The van der Waals surface area contributed by atoms with Crippen LogP contribution in [-0.2, 0) is 20.9 Å². The molecule has 0 bridgehead atoms. The summed E-state index contributed by atoms with van der Waals surface area (Å²) < 4.78 is 58.7. The molecule has 0 aliphatic carbocycles. The molecule has 2 saturated heterocycles. The van der Waals surface area contributed by atoms with Crippen LogP contribution in [0.5, 0.6) is 5.88 Å². The molecular weight excluding hydrogens is 695 g/mol. The van der Waals surface area contributed by atoms with E-state index in [-0.39, 0.29) is 40.1 Å². The van der Waals surface area contributed by atoms with E-state index in [0.717, 1.165) is 5.56 Å². The van der Waals surface area contributed by atoms with Gasteiger partial charge in [-0.25, -0.2) is 9.59 Å². The number of likely N-dealkylation sites (tertiary alicyclic amines) is 1. The van der Waals surface area contributed by atoms with Gasteiger partial charge < -0.3 is 24.8 Å². The Bertz CT molecular complexity index is 1560. The summed E-state index contributed by atoms with van der Waals surface area (Å²) in [5.41, 5.74) is 6.15. The van der Waals surface area contributed by atoms with Crippen LogP contribution < -0.4 is 15.4 Å². The van der Waals surface area contributed by atoms with E-state index in [9.17, 15) is 22.8 Å². The second kappa shape index (κ2) is 13.9. The maximum absolute atomic E-state index is 14.1. The number of carbonyl (C=O) groups excluding carboxylic acids is 2. The topological polar surface area (TPSA) is 120 Å². The van der Waals surface area contributed by atoms with Crippen LogP contribution in [0.4, 0.5) is 29.7 Å². The number of amides is 1. The third-order valence-electron chi connectivity index (χ3n) is 8.14. The molecule has 2 aliphatic rings. The van der Waals surface area contributed by atoms with Crippen molar-refractivity contribution in [2.45, 2.75) is 51.1 Å². The lowest BCUT2D eigenvalue weighted by atomic mass is 9.76. The molecule has 2 N–H and O–H groups in total. The standard InChI is InChI=1S/C31H32BrClF3N5O5/c1-2-44-27(42)23-16-30(18-41(23)29(43)45-17-19-6-4-3-5-7-19)10-12-40(13-11-30)24-15-25(39-28(37)38-24)46-26(31(34,35)36)21-9-8-20(33)14-22(21)32/h3-9,14-15,23,26H,2,10-13,16-18H2,1H3,(H2,37,38,39)/t23?,26-/m1/s1. The second-order valence-corrected chi connectivity index (χ2v) is 12.5. The van der Waals surface area contributed by atoms with Crippen molar-refractivity contribution in [1.82, 2.24) is 14.9 Å². The van der Waals surface area contributed by atoms with Gasteiger partial charge in [0.25, 0.3) is 0 Å². The summed E-state index contributed by atoms with van der Waals surface area (Å²) in [5.74, 6) is -0.787. The van der Waals surface area contributed by atoms with Crippen molar-refractivity contribution in [1.29, 1.82) is 0 Å². The van der Waals surface area contributed by atoms with Gasteiger partial charge in [0, 0.05) is 40.8 Å². The number of benzene rings is 2. The number of anilines is 2. The zero-order valence-electron chi connectivity index (χ0n) is 24.8. The Morgan fingerprint density at radius 1 is 1.11 bits per heavy atom. The summed E-state index contributed by atoms with van der Waals surface area (Å²) in [4.78, 5) is 37.5. The maximum atomic E-state index is 14.1. The van der Waals surface area contributed by atoms with E-state index in [1.54, 1.807) is 6.92 Å². The molecule has 1 unspecified atom stereocenters. The van der Waals surface area contributed by atoms with Crippen LogP contribution in [0.1, 0.15) is 43.4 Å². The summed E-state index contributed by atoms with van der Waals surface area (Å²) in [6.07, 6.45) is -6.21. The fraction of sp³-hybridized carbons (Fsp3) is 0.419. The van der Waals surface area contributed by atoms with Gasteiger partial charge in [0.15, 0.2) is 0 Å². The Balaban J connectivity index is 1.29. The quantitative estimate of drug-likeness (QED) is 0.253. The van der Waals surface area contributed by atoms with Crippen LogP contribution in [0, 0.1) is 5.41 Å². The number of piperidine rings is 1. The average molecular weight is 727 g/mol. The number of carbonyl (C=O) groups is 2. The minimum absolute atomic E-state index is 0.0657. The number of aromatic nitrogens is 2. The minimum atomic E-state index is -4.78. The summed E-state index contributed by atoms with van der Waals surface area (Å²) in [7, 11) is 0. The van der Waals surface area contributed by atoms with Gasteiger partial charge in [-0.05, 0) is 49.3 Å². The van der Waals surface area contributed by atoms with E-state index in [1.165, 1.54) is 29.2 Å². The van der Waals surface area contributed by atoms with E-state index in [4.69, 9.17) is 31.5 Å². The Labute approximate surface area is 277 Å². The molecule has 1 amide bonds. The Hall–Kier alpha value is -3.78. The Morgan fingerprint density at radius 2 is 1.83 bits per heavy atom. The highest BCUT2D eigenvalue weighted by Crippen LogP contribution is 2.45. The van der Waals surface area contributed by atoms with Crippen molar-refractivity contribution >= 4 is 51.4 Å². The fourth-order valence-electron chi connectivity index (χ4n) is 5.87. The zero-order valence-corrected chi connectivity index (χ0v) is 27.1. The Morgan fingerprint density at radius 3 is 2.48 bits per heavy atom. The van der Waals surface area contributed by atoms with Gasteiger partial charge in [0.2, 0.25) is 17.9 Å². The van der Waals surface area contributed by atoms with Crippen LogP contribution in [0.2, 0.25) is 5.02 Å². The normalized spacial score (nSPS) is 18.3. The number of alkyl halides is 3. The van der Waals surface area contributed by atoms with Gasteiger partial charge in [-0.1, -0.05) is 63.9 Å². The molecule has 1 aromatic heterocycles. The van der Waals surface area contributed by atoms with Crippen molar-refractivity contribution in [2.24, 2.45) is 5.41 Å². The Kier molecular flexibility index (Phi) is 10.2. The first-order valence-corrected chi connectivity index (χ1v) is 15.8. The second-order valence-electron chi connectivity index (χ2n) is 11.3. The van der Waals surface area contributed by atoms with Crippen molar-refractivity contribution < 1.29 is 37.0 Å². The number of nitrogens with two attached hydrogens (primary N) is 1. The van der Waals surface area contributed by atoms with E-state index in [0.29, 0.717) is 44.7 Å². The molecule has 2 fully saturated rings. The van der Waals surface area contributed by atoms with E-state index < -0.39 is 35.8 Å². The summed E-state index contributed by atoms with van der Waals surface area (Å²) in [6.45, 7) is 3.10. The number of rotatable bonds is 8. The largest absolute Gasteiger partial charge is 0.464 e. The number of esters is 1. The number of hydrogen-bond acceptors (Lipinski definition) is 9. The molecule has 0 radical (unpaired) electrons. The monoisotopic (exact) mass is 725 g/mol. The molecule has 3 aromatic rings. The van der Waals surface area contributed by atoms with Crippen LogP contribution >= 0.6 is 27.5 Å². The number of ether oxygens (including phenoxy) is 3. The van der Waals surface area contributed by atoms with Gasteiger partial charge >= 0.3 is 18.2 Å². The van der Waals surface area contributed by atoms with Crippen LogP contribution in [0.25, 0.3) is 0 Å². The van der Waals surface area contributed by atoms with Crippen LogP contribution in [-0.4, -0.2) is 65.4 Å². The van der Waals surface area contributed by atoms with Gasteiger partial charge in [0.05, 0.1) is 6.61 Å². The van der Waals surface area contributed by atoms with Crippen LogP contribution in [0.15, 0.2) is 59.1 Å². The van der Waals surface area contributed by atoms with E-state index >= 15 is 0 Å². The van der Waals surface area contributed by atoms with E-state index in [1.807, 2.05) is 35.2 Å². The fourth-order valence-corrected chi connectivity index (χ4v) is 6.76. The lowest BCUT2D eigenvalue weighted by Gasteiger charge is -2.39. The van der Waals surface area contributed by atoms with Gasteiger partial charge in [0.1, 0.15) is 18.5 Å². The molecule has 10 nitrogen and oxygen atoms in total. The minimum Gasteiger partial charge on any atom is -0.464 e. The molecule has 15 heteroatoms. The number of nitrogens with zero attached hydrogens (tertiary/aromatic N) is 4. The predicted octanol–water partition coefficient (Wildman–Crippen LogP) is 6.72. The number of halogens is 5. The lowest BCUT2D eigenvalue weighted by Crippen LogP contribution is -2.43. The smallest absolute Gasteiger partial charge is 0.429 e.